The number of anilines is 1. The smallest absolute Gasteiger partial charge is 0.272 e. The molecule has 1 atom stereocenters. The Morgan fingerprint density at radius 3 is 2.96 bits per heavy atom. The maximum Gasteiger partial charge on any atom is 0.272 e. The van der Waals surface area contributed by atoms with E-state index in [-0.39, 0.29) is 16.9 Å². The highest BCUT2D eigenvalue weighted by molar-refractivity contribution is 6.32. The summed E-state index contributed by atoms with van der Waals surface area (Å²) in [4.78, 5) is 24.8. The number of nitrogens with zero attached hydrogens (tertiary/aromatic N) is 3. The Labute approximate surface area is 144 Å². The van der Waals surface area contributed by atoms with Crippen LogP contribution in [0.2, 0.25) is 5.02 Å². The lowest BCUT2D eigenvalue weighted by atomic mass is 10.0. The first kappa shape index (κ1) is 16.9. The van der Waals surface area contributed by atoms with Crippen molar-refractivity contribution in [2.24, 2.45) is 5.92 Å². The number of halogens is 2. The van der Waals surface area contributed by atoms with E-state index >= 15 is 0 Å². The van der Waals surface area contributed by atoms with Crippen molar-refractivity contribution in [3.8, 4) is 11.4 Å². The predicted molar refractivity (Wildman–Crippen MR) is 91.9 cm³/mol. The van der Waals surface area contributed by atoms with Gasteiger partial charge in [0.2, 0.25) is 5.95 Å². The highest BCUT2D eigenvalue weighted by Crippen LogP contribution is 2.25. The number of H-pyrrole nitrogens is 1. The molecule has 0 amide bonds. The summed E-state index contributed by atoms with van der Waals surface area (Å²) in [6.45, 7) is 6.47. The molecule has 0 aromatic carbocycles. The summed E-state index contributed by atoms with van der Waals surface area (Å²) in [7, 11) is 0. The lowest BCUT2D eigenvalue weighted by Gasteiger charge is -2.36. The van der Waals surface area contributed by atoms with Crippen LogP contribution in [0.4, 0.5) is 10.2 Å². The topological polar surface area (TPSA) is 73.9 Å². The van der Waals surface area contributed by atoms with Gasteiger partial charge in [0, 0.05) is 43.5 Å². The normalized spacial score (nSPS) is 18.2. The fourth-order valence-electron chi connectivity index (χ4n) is 2.76. The molecule has 2 aromatic rings. The van der Waals surface area contributed by atoms with Gasteiger partial charge in [-0.1, -0.05) is 25.4 Å². The second kappa shape index (κ2) is 6.86. The number of piperazine rings is 1. The zero-order chi connectivity index (χ0) is 17.3. The van der Waals surface area contributed by atoms with Crippen LogP contribution in [0, 0.1) is 11.9 Å². The summed E-state index contributed by atoms with van der Waals surface area (Å²) in [6, 6.07) is 3.11. The monoisotopic (exact) mass is 351 g/mol. The van der Waals surface area contributed by atoms with Gasteiger partial charge >= 0.3 is 0 Å². The van der Waals surface area contributed by atoms with Crippen molar-refractivity contribution < 1.29 is 4.39 Å². The third kappa shape index (κ3) is 3.42. The van der Waals surface area contributed by atoms with Gasteiger partial charge in [-0.15, -0.1) is 0 Å². The standard InChI is InChI=1S/C16H19ClFN5O/c1-9(2)11-8-23(6-5-19-11)15-13(17)16(24)22-14(21-15)10-3-4-20-12(18)7-10/h3-4,7,9,11,19H,5-6,8H2,1-2H3,(H,21,22,24). The molecular formula is C16H19ClFN5O. The van der Waals surface area contributed by atoms with E-state index in [1.807, 2.05) is 4.90 Å². The molecule has 8 heteroatoms. The first-order valence-corrected chi connectivity index (χ1v) is 8.23. The number of pyridine rings is 1. The molecule has 2 N–H and O–H groups in total. The molecule has 24 heavy (non-hydrogen) atoms. The lowest BCUT2D eigenvalue weighted by Crippen LogP contribution is -2.53. The minimum Gasteiger partial charge on any atom is -0.352 e. The minimum atomic E-state index is -0.631. The molecule has 3 heterocycles. The molecule has 0 spiro atoms. The SMILES string of the molecule is CC(C)C1CN(c2nc(-c3ccnc(F)c3)[nH]c(=O)c2Cl)CCN1. The summed E-state index contributed by atoms with van der Waals surface area (Å²) in [5.41, 5.74) is 0.0153. The molecule has 0 bridgehead atoms. The Balaban J connectivity index is 2.00. The Morgan fingerprint density at radius 1 is 1.46 bits per heavy atom. The minimum absolute atomic E-state index is 0.0534. The number of hydrogen-bond acceptors (Lipinski definition) is 5. The molecule has 1 fully saturated rings. The van der Waals surface area contributed by atoms with Gasteiger partial charge in [-0.05, 0) is 12.0 Å². The maximum atomic E-state index is 13.4. The third-order valence-electron chi connectivity index (χ3n) is 4.15. The molecule has 3 rings (SSSR count). The molecule has 1 unspecified atom stereocenters. The molecule has 1 saturated heterocycles. The van der Waals surface area contributed by atoms with Crippen LogP contribution in [0.1, 0.15) is 13.8 Å². The van der Waals surface area contributed by atoms with E-state index in [9.17, 15) is 9.18 Å². The Bertz CT molecular complexity index is 794. The number of rotatable bonds is 3. The summed E-state index contributed by atoms with van der Waals surface area (Å²) in [6.07, 6.45) is 1.33. The van der Waals surface area contributed by atoms with Crippen molar-refractivity contribution in [1.82, 2.24) is 20.3 Å². The molecular weight excluding hydrogens is 333 g/mol. The zero-order valence-corrected chi connectivity index (χ0v) is 14.3. The molecule has 0 aliphatic carbocycles. The van der Waals surface area contributed by atoms with Crippen molar-refractivity contribution in [2.75, 3.05) is 24.5 Å². The highest BCUT2D eigenvalue weighted by Gasteiger charge is 2.25. The largest absolute Gasteiger partial charge is 0.352 e. The summed E-state index contributed by atoms with van der Waals surface area (Å²) < 4.78 is 13.4. The van der Waals surface area contributed by atoms with Crippen LogP contribution in [0.15, 0.2) is 23.1 Å². The second-order valence-electron chi connectivity index (χ2n) is 6.17. The zero-order valence-electron chi connectivity index (χ0n) is 13.5. The quantitative estimate of drug-likeness (QED) is 0.828. The number of aromatic amines is 1. The molecule has 6 nitrogen and oxygen atoms in total. The van der Waals surface area contributed by atoms with Gasteiger partial charge in [0.1, 0.15) is 10.8 Å². The van der Waals surface area contributed by atoms with Gasteiger partial charge in [0.05, 0.1) is 0 Å². The first-order valence-electron chi connectivity index (χ1n) is 7.86. The van der Waals surface area contributed by atoms with Gasteiger partial charge in [-0.25, -0.2) is 9.97 Å². The second-order valence-corrected chi connectivity index (χ2v) is 6.55. The van der Waals surface area contributed by atoms with Crippen molar-refractivity contribution >= 4 is 17.4 Å². The number of hydrogen-bond donors (Lipinski definition) is 2. The van der Waals surface area contributed by atoms with E-state index in [1.54, 1.807) is 6.07 Å². The van der Waals surface area contributed by atoms with Gasteiger partial charge < -0.3 is 15.2 Å². The van der Waals surface area contributed by atoms with Gasteiger partial charge in [-0.3, -0.25) is 4.79 Å². The van der Waals surface area contributed by atoms with Crippen molar-refractivity contribution in [2.45, 2.75) is 19.9 Å². The Kier molecular flexibility index (Phi) is 4.82. The fourth-order valence-corrected chi connectivity index (χ4v) is 2.97. The average Bonchev–Trinajstić information content (AvgIpc) is 2.57. The first-order chi connectivity index (χ1) is 11.5. The lowest BCUT2D eigenvalue weighted by molar-refractivity contribution is 0.367. The molecule has 1 aliphatic heterocycles. The Morgan fingerprint density at radius 2 is 2.25 bits per heavy atom. The van der Waals surface area contributed by atoms with Crippen LogP contribution >= 0.6 is 11.6 Å². The molecule has 1 aliphatic rings. The van der Waals surface area contributed by atoms with E-state index in [2.05, 4.69) is 34.1 Å². The van der Waals surface area contributed by atoms with Crippen molar-refractivity contribution in [3.05, 3.63) is 39.7 Å². The highest BCUT2D eigenvalue weighted by atomic mass is 35.5. The van der Waals surface area contributed by atoms with Crippen LogP contribution < -0.4 is 15.8 Å². The average molecular weight is 352 g/mol. The maximum absolute atomic E-state index is 13.4. The van der Waals surface area contributed by atoms with Crippen LogP contribution in [0.3, 0.4) is 0 Å². The van der Waals surface area contributed by atoms with E-state index in [0.29, 0.717) is 30.4 Å². The third-order valence-corrected chi connectivity index (χ3v) is 4.50. The number of nitrogens with one attached hydrogen (secondary N) is 2. The van der Waals surface area contributed by atoms with Crippen LogP contribution in [-0.4, -0.2) is 40.6 Å². The van der Waals surface area contributed by atoms with Crippen molar-refractivity contribution in [3.63, 3.8) is 0 Å². The summed E-state index contributed by atoms with van der Waals surface area (Å²) in [5.74, 6) is 0.524. The summed E-state index contributed by atoms with van der Waals surface area (Å²) >= 11 is 6.19. The van der Waals surface area contributed by atoms with Gasteiger partial charge in [0.25, 0.3) is 5.56 Å². The Hall–Kier alpha value is -1.99. The molecule has 0 radical (unpaired) electrons. The predicted octanol–water partition coefficient (Wildman–Crippen LogP) is 2.06. The number of aromatic nitrogens is 3. The fraction of sp³-hybridized carbons (Fsp3) is 0.438. The summed E-state index contributed by atoms with van der Waals surface area (Å²) in [5, 5.41) is 3.50. The van der Waals surface area contributed by atoms with E-state index in [0.717, 1.165) is 6.54 Å². The van der Waals surface area contributed by atoms with Crippen LogP contribution in [0.25, 0.3) is 11.4 Å². The van der Waals surface area contributed by atoms with Gasteiger partial charge in [0.15, 0.2) is 5.82 Å². The van der Waals surface area contributed by atoms with E-state index in [1.165, 1.54) is 12.3 Å². The van der Waals surface area contributed by atoms with Gasteiger partial charge in [-0.2, -0.15) is 4.39 Å². The molecule has 128 valence electrons. The molecule has 0 saturated carbocycles. The van der Waals surface area contributed by atoms with E-state index in [4.69, 9.17) is 11.6 Å². The van der Waals surface area contributed by atoms with Crippen LogP contribution in [0.5, 0.6) is 0 Å². The van der Waals surface area contributed by atoms with Crippen molar-refractivity contribution in [1.29, 1.82) is 0 Å². The van der Waals surface area contributed by atoms with E-state index < -0.39 is 11.5 Å². The van der Waals surface area contributed by atoms with Crippen LogP contribution in [-0.2, 0) is 0 Å². The molecule has 2 aromatic heterocycles.